The number of hydrogen-bond acceptors (Lipinski definition) is 12. The van der Waals surface area contributed by atoms with Gasteiger partial charge in [0.2, 0.25) is 17.7 Å². The van der Waals surface area contributed by atoms with Crippen molar-refractivity contribution in [3.8, 4) is 0 Å². The Balaban J connectivity index is 0.800. The minimum atomic E-state index is -0.987. The van der Waals surface area contributed by atoms with E-state index in [9.17, 15) is 24.0 Å². The number of fused-ring (bicyclic) bond motifs is 2. The Bertz CT molecular complexity index is 1530. The molecule has 6 atom stereocenters. The Morgan fingerprint density at radius 2 is 1.74 bits per heavy atom. The maximum Gasteiger partial charge on any atom is 0.264 e. The molecule has 15 nitrogen and oxygen atoms in total. The largest absolute Gasteiger partial charge is 0.384 e. The van der Waals surface area contributed by atoms with Gasteiger partial charge in [0.15, 0.2) is 0 Å². The molecule has 7 rings (SSSR count). The minimum Gasteiger partial charge on any atom is -0.384 e. The number of carbonyl (C=O) groups is 5. The molecule has 4 unspecified atom stereocenters. The molecule has 53 heavy (non-hydrogen) atoms. The van der Waals surface area contributed by atoms with E-state index in [1.807, 2.05) is 4.90 Å². The summed E-state index contributed by atoms with van der Waals surface area (Å²) in [5.74, 6) is -1.16. The third-order valence-electron chi connectivity index (χ3n) is 12.4. The van der Waals surface area contributed by atoms with Gasteiger partial charge >= 0.3 is 0 Å². The Hall–Kier alpha value is -3.47. The number of nitrogens with one attached hydrogen (secondary N) is 6. The van der Waals surface area contributed by atoms with E-state index in [-0.39, 0.29) is 29.9 Å². The summed E-state index contributed by atoms with van der Waals surface area (Å²) in [5.41, 5.74) is 4.72. The van der Waals surface area contributed by atoms with Crippen molar-refractivity contribution < 1.29 is 24.0 Å². The summed E-state index contributed by atoms with van der Waals surface area (Å²) < 4.78 is 0. The van der Waals surface area contributed by atoms with Crippen LogP contribution in [-0.4, -0.2) is 138 Å². The first-order valence-electron chi connectivity index (χ1n) is 20.1. The van der Waals surface area contributed by atoms with Crippen LogP contribution in [0.3, 0.4) is 0 Å². The third kappa shape index (κ3) is 8.30. The molecule has 0 bridgehead atoms. The lowest BCUT2D eigenvalue weighted by atomic mass is 9.89. The van der Waals surface area contributed by atoms with E-state index in [1.54, 1.807) is 18.2 Å². The Morgan fingerprint density at radius 3 is 2.51 bits per heavy atom. The number of hydrogen-bond donors (Lipinski definition) is 6. The lowest BCUT2D eigenvalue weighted by Gasteiger charge is -2.45. The normalized spacial score (nSPS) is 29.6. The molecule has 5 amide bonds. The Kier molecular flexibility index (Phi) is 12.1. The summed E-state index contributed by atoms with van der Waals surface area (Å²) in [5, 5.41) is 19.5. The Labute approximate surface area is 312 Å². The predicted octanol–water partition coefficient (Wildman–Crippen LogP) is 0.795. The minimum absolute atomic E-state index is 0.0861. The molecule has 6 aliphatic rings. The zero-order valence-corrected chi connectivity index (χ0v) is 31.3. The molecule has 5 aliphatic heterocycles. The maximum absolute atomic E-state index is 13.4. The van der Waals surface area contributed by atoms with Crippen molar-refractivity contribution in [2.45, 2.75) is 115 Å². The molecule has 5 heterocycles. The zero-order valence-electron chi connectivity index (χ0n) is 31.3. The van der Waals surface area contributed by atoms with Crippen molar-refractivity contribution in [2.75, 3.05) is 57.7 Å². The van der Waals surface area contributed by atoms with E-state index in [4.69, 9.17) is 0 Å². The number of amides is 5. The van der Waals surface area contributed by atoms with Gasteiger partial charge in [-0.2, -0.15) is 0 Å². The molecule has 290 valence electrons. The number of piperidine rings is 1. The van der Waals surface area contributed by atoms with Crippen molar-refractivity contribution in [2.24, 2.45) is 5.92 Å². The van der Waals surface area contributed by atoms with E-state index in [2.05, 4.69) is 55.8 Å². The van der Waals surface area contributed by atoms with Gasteiger partial charge in [0.25, 0.3) is 11.8 Å². The van der Waals surface area contributed by atoms with Crippen molar-refractivity contribution >= 4 is 35.2 Å². The van der Waals surface area contributed by atoms with Crippen molar-refractivity contribution in [3.05, 3.63) is 29.3 Å². The van der Waals surface area contributed by atoms with Crippen LogP contribution in [0.1, 0.15) is 98.8 Å². The van der Waals surface area contributed by atoms with Gasteiger partial charge < -0.3 is 15.5 Å². The van der Waals surface area contributed by atoms with Crippen LogP contribution in [0.5, 0.6) is 0 Å². The number of hydrazine groups is 1. The first kappa shape index (κ1) is 37.8. The molecule has 4 saturated heterocycles. The van der Waals surface area contributed by atoms with Gasteiger partial charge in [-0.05, 0) is 69.5 Å². The quantitative estimate of drug-likeness (QED) is 0.118. The van der Waals surface area contributed by atoms with Crippen LogP contribution in [0.2, 0.25) is 0 Å². The van der Waals surface area contributed by atoms with Crippen LogP contribution in [0.25, 0.3) is 0 Å². The second-order valence-corrected chi connectivity index (χ2v) is 15.7. The van der Waals surface area contributed by atoms with Gasteiger partial charge in [-0.1, -0.05) is 32.8 Å². The second-order valence-electron chi connectivity index (χ2n) is 15.7. The van der Waals surface area contributed by atoms with Gasteiger partial charge in [0.1, 0.15) is 6.04 Å². The highest BCUT2D eigenvalue weighted by Crippen LogP contribution is 2.33. The van der Waals surface area contributed by atoms with Gasteiger partial charge in [-0.25, -0.2) is 5.01 Å². The van der Waals surface area contributed by atoms with Crippen LogP contribution < -0.4 is 32.0 Å². The smallest absolute Gasteiger partial charge is 0.264 e. The third-order valence-corrected chi connectivity index (χ3v) is 12.4. The monoisotopic (exact) mass is 734 g/mol. The lowest BCUT2D eigenvalue weighted by molar-refractivity contribution is -0.136. The molecule has 0 spiro atoms. The SMILES string of the molecule is CCC(CC)C1CC(N[C@H]2CC[C@H](NCC(=O)N3CCN(CCCNc4cccc5c4C(=O)N(C4CCC(=O)NC4=O)C5=O)CC3)C2)N2NCCC2N1. The van der Waals surface area contributed by atoms with Crippen LogP contribution >= 0.6 is 0 Å². The van der Waals surface area contributed by atoms with Gasteiger partial charge in [-0.15, -0.1) is 0 Å². The number of anilines is 1. The molecule has 6 N–H and O–H groups in total. The molecular weight excluding hydrogens is 676 g/mol. The summed E-state index contributed by atoms with van der Waals surface area (Å²) >= 11 is 0. The predicted molar refractivity (Wildman–Crippen MR) is 199 cm³/mol. The number of nitrogens with zero attached hydrogens (tertiary/aromatic N) is 4. The molecule has 1 aromatic carbocycles. The standard InChI is InChI=1S/C38H58N10O5/c1-3-24(4-2)29-22-32(48-31(43-29)13-15-41-48)42-26-10-9-25(21-26)40-23-34(50)46-19-17-45(18-20-46)16-6-14-39-28-8-5-7-27-35(28)38(53)47(37(27)52)30-11-12-33(49)44-36(30)51/h5,7-8,24-26,29-32,39-43H,3-4,6,9-23H2,1-2H3,(H,44,49,51)/t25-,26-,29?,30?,31?,32?/m0/s1. The summed E-state index contributed by atoms with van der Waals surface area (Å²) in [7, 11) is 0. The fraction of sp³-hybridized carbons (Fsp3) is 0.711. The van der Waals surface area contributed by atoms with Crippen LogP contribution in [0.15, 0.2) is 18.2 Å². The molecule has 1 aromatic rings. The number of benzene rings is 1. The number of carbonyl (C=O) groups excluding carboxylic acids is 5. The zero-order chi connectivity index (χ0) is 37.1. The maximum atomic E-state index is 13.4. The molecular formula is C38H58N10O5. The average molecular weight is 735 g/mol. The highest BCUT2D eigenvalue weighted by Gasteiger charge is 2.46. The summed E-state index contributed by atoms with van der Waals surface area (Å²) in [4.78, 5) is 69.0. The first-order valence-corrected chi connectivity index (χ1v) is 20.1. The van der Waals surface area contributed by atoms with Crippen molar-refractivity contribution in [3.63, 3.8) is 0 Å². The molecule has 5 fully saturated rings. The van der Waals surface area contributed by atoms with E-state index in [0.29, 0.717) is 68.2 Å². The molecule has 1 saturated carbocycles. The second kappa shape index (κ2) is 16.9. The summed E-state index contributed by atoms with van der Waals surface area (Å²) in [6.07, 6.45) is 9.67. The van der Waals surface area contributed by atoms with Crippen LogP contribution in [-0.2, 0) is 14.4 Å². The summed E-state index contributed by atoms with van der Waals surface area (Å²) in [6, 6.07) is 5.47. The van der Waals surface area contributed by atoms with Crippen LogP contribution in [0, 0.1) is 5.92 Å². The average Bonchev–Trinajstić information content (AvgIpc) is 3.89. The van der Waals surface area contributed by atoms with E-state index >= 15 is 0 Å². The number of rotatable bonds is 14. The molecule has 1 aliphatic carbocycles. The lowest BCUT2D eigenvalue weighted by Crippen LogP contribution is -2.66. The molecule has 0 radical (unpaired) electrons. The molecule has 0 aromatic heterocycles. The number of piperazine rings is 1. The van der Waals surface area contributed by atoms with Gasteiger partial charge in [0.05, 0.1) is 30.0 Å². The van der Waals surface area contributed by atoms with Crippen LogP contribution in [0.4, 0.5) is 5.69 Å². The van der Waals surface area contributed by atoms with Gasteiger partial charge in [-0.3, -0.25) is 55.1 Å². The Morgan fingerprint density at radius 1 is 0.943 bits per heavy atom. The first-order chi connectivity index (χ1) is 25.7. The van der Waals surface area contributed by atoms with E-state index in [1.165, 1.54) is 12.8 Å². The van der Waals surface area contributed by atoms with Crippen molar-refractivity contribution in [1.29, 1.82) is 0 Å². The van der Waals surface area contributed by atoms with Gasteiger partial charge in [0, 0.05) is 69.5 Å². The topological polar surface area (TPSA) is 170 Å². The fourth-order valence-corrected chi connectivity index (χ4v) is 9.42. The highest BCUT2D eigenvalue weighted by molar-refractivity contribution is 6.25. The van der Waals surface area contributed by atoms with E-state index < -0.39 is 29.7 Å². The fourth-order valence-electron chi connectivity index (χ4n) is 9.42. The highest BCUT2D eigenvalue weighted by atomic mass is 16.2. The summed E-state index contributed by atoms with van der Waals surface area (Å²) in [6.45, 7) is 10.5. The number of imide groups is 2. The van der Waals surface area contributed by atoms with Crippen molar-refractivity contribution in [1.82, 2.24) is 46.4 Å². The van der Waals surface area contributed by atoms with E-state index in [0.717, 1.165) is 69.6 Å². The molecule has 15 heteroatoms.